The van der Waals surface area contributed by atoms with Crippen molar-refractivity contribution in [3.8, 4) is 11.8 Å². The van der Waals surface area contributed by atoms with Gasteiger partial charge in [0.05, 0.1) is 17.5 Å². The van der Waals surface area contributed by atoms with Crippen LogP contribution < -0.4 is 10.1 Å². The number of carbonyl (C=O) groups excluding carboxylic acids is 1. The van der Waals surface area contributed by atoms with Gasteiger partial charge < -0.3 is 10.1 Å². The fraction of sp³-hybridized carbons (Fsp3) is 0.214. The van der Waals surface area contributed by atoms with Gasteiger partial charge in [0.2, 0.25) is 5.91 Å². The van der Waals surface area contributed by atoms with Crippen LogP contribution in [0.25, 0.3) is 0 Å². The lowest BCUT2D eigenvalue weighted by molar-refractivity contribution is -0.115. The number of carbonyl (C=O) groups is 1. The highest BCUT2D eigenvalue weighted by Gasteiger charge is 2.10. The molecule has 2 aromatic rings. The Morgan fingerprint density at radius 2 is 2.33 bits per heavy atom. The number of nitriles is 1. The summed E-state index contributed by atoms with van der Waals surface area (Å²) in [7, 11) is 1.78. The molecule has 0 radical (unpaired) electrons. The van der Waals surface area contributed by atoms with Crippen molar-refractivity contribution in [2.45, 2.75) is 13.0 Å². The molecule has 0 spiro atoms. The Morgan fingerprint density at radius 1 is 1.52 bits per heavy atom. The van der Waals surface area contributed by atoms with Gasteiger partial charge in [-0.25, -0.2) is 4.39 Å². The molecule has 0 aliphatic heterocycles. The van der Waals surface area contributed by atoms with Crippen LogP contribution in [0.3, 0.4) is 0 Å². The molecule has 0 saturated carbocycles. The Kier molecular flexibility index (Phi) is 4.51. The summed E-state index contributed by atoms with van der Waals surface area (Å²) in [4.78, 5) is 11.4. The third-order valence-electron chi connectivity index (χ3n) is 2.75. The Labute approximate surface area is 120 Å². The van der Waals surface area contributed by atoms with E-state index in [4.69, 9.17) is 10.00 Å². The first-order valence-corrected chi connectivity index (χ1v) is 6.16. The van der Waals surface area contributed by atoms with Gasteiger partial charge in [0.15, 0.2) is 0 Å². The second kappa shape index (κ2) is 6.52. The minimum atomic E-state index is -0.520. The molecule has 0 aliphatic rings. The first-order chi connectivity index (χ1) is 10.1. The van der Waals surface area contributed by atoms with Crippen LogP contribution in [0.15, 0.2) is 30.5 Å². The largest absolute Gasteiger partial charge is 0.485 e. The fourth-order valence-corrected chi connectivity index (χ4v) is 1.69. The molecule has 6 nitrogen and oxygen atoms in total. The normalized spacial score (nSPS) is 9.95. The molecule has 108 valence electrons. The fourth-order valence-electron chi connectivity index (χ4n) is 1.69. The minimum Gasteiger partial charge on any atom is -0.485 e. The molecular formula is C14H13FN4O2. The van der Waals surface area contributed by atoms with Gasteiger partial charge in [-0.15, -0.1) is 0 Å². The molecule has 1 aromatic heterocycles. The minimum absolute atomic E-state index is 0.192. The maximum absolute atomic E-state index is 13.3. The van der Waals surface area contributed by atoms with Crippen molar-refractivity contribution in [3.63, 3.8) is 0 Å². The molecule has 1 heterocycles. The molecule has 1 N–H and O–H groups in total. The molecule has 0 saturated heterocycles. The van der Waals surface area contributed by atoms with Crippen LogP contribution in [0, 0.1) is 17.1 Å². The summed E-state index contributed by atoms with van der Waals surface area (Å²) in [6, 6.07) is 7.32. The molecule has 1 aromatic carbocycles. The highest BCUT2D eigenvalue weighted by atomic mass is 19.1. The van der Waals surface area contributed by atoms with E-state index in [9.17, 15) is 9.18 Å². The topological polar surface area (TPSA) is 79.9 Å². The van der Waals surface area contributed by atoms with E-state index in [2.05, 4.69) is 10.4 Å². The molecule has 7 heteroatoms. The molecule has 0 aliphatic carbocycles. The number of hydrogen-bond acceptors (Lipinski definition) is 4. The van der Waals surface area contributed by atoms with Crippen molar-refractivity contribution >= 4 is 11.6 Å². The van der Waals surface area contributed by atoms with E-state index in [1.165, 1.54) is 12.1 Å². The zero-order chi connectivity index (χ0) is 15.2. The van der Waals surface area contributed by atoms with Crippen LogP contribution in [0.5, 0.6) is 5.75 Å². The Morgan fingerprint density at radius 3 is 3.00 bits per heavy atom. The van der Waals surface area contributed by atoms with Crippen molar-refractivity contribution in [1.82, 2.24) is 9.78 Å². The van der Waals surface area contributed by atoms with Crippen LogP contribution in [-0.2, 0) is 18.4 Å². The second-order valence-corrected chi connectivity index (χ2v) is 4.26. The van der Waals surface area contributed by atoms with E-state index in [0.29, 0.717) is 5.75 Å². The van der Waals surface area contributed by atoms with E-state index in [1.54, 1.807) is 30.1 Å². The lowest BCUT2D eigenvalue weighted by Crippen LogP contribution is -2.12. The van der Waals surface area contributed by atoms with Crippen molar-refractivity contribution in [1.29, 1.82) is 5.26 Å². The van der Waals surface area contributed by atoms with Gasteiger partial charge in [-0.2, -0.15) is 10.4 Å². The highest BCUT2D eigenvalue weighted by Crippen LogP contribution is 2.26. The maximum atomic E-state index is 13.3. The number of nitrogens with one attached hydrogen (secondary N) is 1. The van der Waals surface area contributed by atoms with E-state index in [-0.39, 0.29) is 18.7 Å². The maximum Gasteiger partial charge on any atom is 0.238 e. The Hall–Kier alpha value is -2.88. The number of halogens is 1. The van der Waals surface area contributed by atoms with E-state index >= 15 is 0 Å². The predicted molar refractivity (Wildman–Crippen MR) is 72.8 cm³/mol. The van der Waals surface area contributed by atoms with Gasteiger partial charge >= 0.3 is 0 Å². The van der Waals surface area contributed by atoms with Crippen molar-refractivity contribution < 1.29 is 13.9 Å². The van der Waals surface area contributed by atoms with Crippen LogP contribution in [0.2, 0.25) is 0 Å². The number of aryl methyl sites for hydroxylation is 1. The molecule has 1 amide bonds. The van der Waals surface area contributed by atoms with E-state index < -0.39 is 11.7 Å². The third kappa shape index (κ3) is 3.79. The Bertz CT molecular complexity index is 691. The van der Waals surface area contributed by atoms with Crippen LogP contribution >= 0.6 is 0 Å². The van der Waals surface area contributed by atoms with E-state index in [1.807, 2.05) is 0 Å². The summed E-state index contributed by atoms with van der Waals surface area (Å²) < 4.78 is 20.5. The second-order valence-electron chi connectivity index (χ2n) is 4.26. The van der Waals surface area contributed by atoms with Gasteiger partial charge in [-0.3, -0.25) is 9.48 Å². The van der Waals surface area contributed by atoms with Crippen molar-refractivity contribution in [2.75, 3.05) is 5.32 Å². The van der Waals surface area contributed by atoms with Crippen LogP contribution in [0.1, 0.15) is 12.1 Å². The van der Waals surface area contributed by atoms with Gasteiger partial charge in [-0.1, -0.05) is 0 Å². The van der Waals surface area contributed by atoms with Crippen molar-refractivity contribution in [3.05, 3.63) is 42.0 Å². The first-order valence-electron chi connectivity index (χ1n) is 6.16. The Balaban J connectivity index is 2.13. The van der Waals surface area contributed by atoms with Gasteiger partial charge in [0, 0.05) is 19.3 Å². The average Bonchev–Trinajstić information content (AvgIpc) is 2.84. The zero-order valence-electron chi connectivity index (χ0n) is 11.3. The highest BCUT2D eigenvalue weighted by molar-refractivity contribution is 5.93. The zero-order valence-corrected chi connectivity index (χ0v) is 11.3. The predicted octanol–water partition coefficient (Wildman–Crippen LogP) is 1.99. The van der Waals surface area contributed by atoms with Gasteiger partial charge in [-0.05, 0) is 18.2 Å². The number of amides is 1. The number of rotatable bonds is 5. The van der Waals surface area contributed by atoms with Gasteiger partial charge in [0.1, 0.15) is 24.6 Å². The summed E-state index contributed by atoms with van der Waals surface area (Å²) in [6.45, 7) is 0.225. The smallest absolute Gasteiger partial charge is 0.238 e. The quantitative estimate of drug-likeness (QED) is 0.912. The lowest BCUT2D eigenvalue weighted by atomic mass is 10.2. The molecule has 0 atom stereocenters. The average molecular weight is 288 g/mol. The summed E-state index contributed by atoms with van der Waals surface area (Å²) in [5.41, 5.74) is 1.02. The van der Waals surface area contributed by atoms with Crippen LogP contribution in [0.4, 0.5) is 10.1 Å². The number of benzene rings is 1. The van der Waals surface area contributed by atoms with Crippen molar-refractivity contribution in [2.24, 2.45) is 7.05 Å². The number of ether oxygens (including phenoxy) is 1. The molecule has 0 fully saturated rings. The standard InChI is InChI=1S/C14H13FN4O2/c1-19-11(5-7-17-19)9-21-13-3-2-10(15)8-12(13)18-14(20)4-6-16/h2-3,5,7-8H,4,9H2,1H3,(H,18,20). The number of nitrogens with zero attached hydrogens (tertiary/aromatic N) is 3. The molecule has 21 heavy (non-hydrogen) atoms. The molecule has 2 rings (SSSR count). The monoisotopic (exact) mass is 288 g/mol. The third-order valence-corrected chi connectivity index (χ3v) is 2.75. The number of hydrogen-bond donors (Lipinski definition) is 1. The lowest BCUT2D eigenvalue weighted by Gasteiger charge is -2.12. The van der Waals surface area contributed by atoms with E-state index in [0.717, 1.165) is 11.8 Å². The summed E-state index contributed by atoms with van der Waals surface area (Å²) in [6.07, 6.45) is 1.33. The first kappa shape index (κ1) is 14.5. The molecule has 0 bridgehead atoms. The van der Waals surface area contributed by atoms with Gasteiger partial charge in [0.25, 0.3) is 0 Å². The summed E-state index contributed by atoms with van der Waals surface area (Å²) in [5.74, 6) is -0.701. The van der Waals surface area contributed by atoms with Crippen LogP contribution in [-0.4, -0.2) is 15.7 Å². The number of anilines is 1. The molecular weight excluding hydrogens is 275 g/mol. The molecule has 0 unspecified atom stereocenters. The number of aromatic nitrogens is 2. The SMILES string of the molecule is Cn1nccc1COc1ccc(F)cc1NC(=O)CC#N. The summed E-state index contributed by atoms with van der Waals surface area (Å²) in [5, 5.41) is 14.9. The summed E-state index contributed by atoms with van der Waals surface area (Å²) >= 11 is 0.